The van der Waals surface area contributed by atoms with Crippen LogP contribution in [0.5, 0.6) is 5.75 Å². The van der Waals surface area contributed by atoms with E-state index in [1.165, 1.54) is 6.33 Å². The fourth-order valence-corrected chi connectivity index (χ4v) is 1.87. The van der Waals surface area contributed by atoms with Crippen LogP contribution in [0, 0.1) is 6.92 Å². The van der Waals surface area contributed by atoms with E-state index in [0.29, 0.717) is 23.9 Å². The highest BCUT2D eigenvalue weighted by Gasteiger charge is 2.11. The first-order valence-electron chi connectivity index (χ1n) is 5.95. The second-order valence-electron chi connectivity index (χ2n) is 4.12. The molecule has 0 aliphatic rings. The predicted molar refractivity (Wildman–Crippen MR) is 73.4 cm³/mol. The normalized spacial score (nSPS) is 10.3. The minimum atomic E-state index is 0.603. The second-order valence-corrected chi connectivity index (χ2v) is 4.12. The number of nitrogens with one attached hydrogen (secondary N) is 2. The van der Waals surface area contributed by atoms with E-state index < -0.39 is 0 Å². The lowest BCUT2D eigenvalue weighted by Crippen LogP contribution is -2.06. The van der Waals surface area contributed by atoms with Gasteiger partial charge in [0.15, 0.2) is 11.6 Å². The number of rotatable bonds is 5. The van der Waals surface area contributed by atoms with E-state index in [0.717, 1.165) is 11.3 Å². The molecule has 0 unspecified atom stereocenters. The van der Waals surface area contributed by atoms with Gasteiger partial charge in [0, 0.05) is 32.4 Å². The Bertz CT molecular complexity index is 565. The molecule has 0 aliphatic heterocycles. The quantitative estimate of drug-likeness (QED) is 0.842. The Balaban J connectivity index is 2.17. The predicted octanol–water partition coefficient (Wildman–Crippen LogP) is 1.18. The maximum atomic E-state index is 5.32. The van der Waals surface area contributed by atoms with Gasteiger partial charge in [-0.2, -0.15) is 5.10 Å². The fraction of sp³-hybridized carbons (Fsp3) is 0.417. The largest absolute Gasteiger partial charge is 0.490 e. The summed E-state index contributed by atoms with van der Waals surface area (Å²) < 4.78 is 7.11. The lowest BCUT2D eigenvalue weighted by molar-refractivity contribution is 0.415. The second kappa shape index (κ2) is 5.55. The van der Waals surface area contributed by atoms with Gasteiger partial charge in [-0.1, -0.05) is 0 Å². The van der Waals surface area contributed by atoms with Crippen LogP contribution in [0.3, 0.4) is 0 Å². The molecule has 2 N–H and O–H groups in total. The Kier molecular flexibility index (Phi) is 3.84. The van der Waals surface area contributed by atoms with E-state index in [1.807, 2.05) is 20.2 Å². The molecule has 7 nitrogen and oxygen atoms in total. The molecule has 0 aromatic carbocycles. The summed E-state index contributed by atoms with van der Waals surface area (Å²) >= 11 is 0. The lowest BCUT2D eigenvalue weighted by Gasteiger charge is -2.12. The van der Waals surface area contributed by atoms with E-state index in [9.17, 15) is 0 Å². The van der Waals surface area contributed by atoms with Crippen molar-refractivity contribution < 1.29 is 4.74 Å². The highest BCUT2D eigenvalue weighted by molar-refractivity contribution is 5.63. The van der Waals surface area contributed by atoms with Crippen LogP contribution in [0.25, 0.3) is 0 Å². The summed E-state index contributed by atoms with van der Waals surface area (Å²) in [5.74, 6) is 1.92. The van der Waals surface area contributed by atoms with E-state index >= 15 is 0 Å². The number of hydrogen-bond acceptors (Lipinski definition) is 6. The molecule has 7 heteroatoms. The zero-order valence-corrected chi connectivity index (χ0v) is 11.6. The van der Waals surface area contributed by atoms with Crippen LogP contribution < -0.4 is 15.4 Å². The zero-order valence-electron chi connectivity index (χ0n) is 11.6. The molecule has 0 bridgehead atoms. The molecule has 0 amide bonds. The Morgan fingerprint density at radius 3 is 2.63 bits per heavy atom. The molecule has 0 radical (unpaired) electrons. The highest BCUT2D eigenvalue weighted by Crippen LogP contribution is 2.28. The molecular weight excluding hydrogens is 244 g/mol. The van der Waals surface area contributed by atoms with Gasteiger partial charge in [-0.05, 0) is 6.92 Å². The fourth-order valence-electron chi connectivity index (χ4n) is 1.87. The van der Waals surface area contributed by atoms with Crippen molar-refractivity contribution in [1.29, 1.82) is 0 Å². The molecule has 102 valence electrons. The maximum Gasteiger partial charge on any atom is 0.204 e. The number of methoxy groups -OCH3 is 1. The summed E-state index contributed by atoms with van der Waals surface area (Å²) in [6.45, 7) is 2.61. The molecular formula is C12H18N6O. The first-order valence-corrected chi connectivity index (χ1v) is 5.95. The summed E-state index contributed by atoms with van der Waals surface area (Å²) in [5, 5.41) is 10.5. The van der Waals surface area contributed by atoms with Crippen LogP contribution in [0.4, 0.5) is 11.6 Å². The Morgan fingerprint density at radius 1 is 1.32 bits per heavy atom. The third kappa shape index (κ3) is 2.75. The first-order chi connectivity index (χ1) is 9.15. The van der Waals surface area contributed by atoms with Crippen LogP contribution in [0.15, 0.2) is 12.5 Å². The molecule has 0 atom stereocenters. The Labute approximate surface area is 112 Å². The maximum absolute atomic E-state index is 5.32. The standard InChI is InChI=1S/C12H18N6O/c1-8-9(6-18(3)17-8)5-14-12-10(19-4)11(13-2)15-7-16-12/h6-7H,5H2,1-4H3,(H2,13,14,15,16). The van der Waals surface area contributed by atoms with Crippen molar-refractivity contribution >= 4 is 11.6 Å². The van der Waals surface area contributed by atoms with Gasteiger partial charge in [-0.3, -0.25) is 4.68 Å². The van der Waals surface area contributed by atoms with E-state index in [1.54, 1.807) is 18.8 Å². The van der Waals surface area contributed by atoms with Gasteiger partial charge in [0.25, 0.3) is 0 Å². The van der Waals surface area contributed by atoms with Gasteiger partial charge in [-0.15, -0.1) is 0 Å². The lowest BCUT2D eigenvalue weighted by atomic mass is 10.2. The molecule has 0 saturated carbocycles. The third-order valence-electron chi connectivity index (χ3n) is 2.81. The van der Waals surface area contributed by atoms with Crippen LogP contribution in [0.1, 0.15) is 11.3 Å². The molecule has 2 aromatic heterocycles. The van der Waals surface area contributed by atoms with Crippen molar-refractivity contribution in [3.8, 4) is 5.75 Å². The average molecular weight is 262 g/mol. The van der Waals surface area contributed by atoms with Gasteiger partial charge >= 0.3 is 0 Å². The van der Waals surface area contributed by atoms with Gasteiger partial charge in [0.2, 0.25) is 5.75 Å². The minimum Gasteiger partial charge on any atom is -0.490 e. The molecule has 0 saturated heterocycles. The van der Waals surface area contributed by atoms with Crippen molar-refractivity contribution in [3.63, 3.8) is 0 Å². The summed E-state index contributed by atoms with van der Waals surface area (Å²) in [4.78, 5) is 8.30. The molecule has 2 heterocycles. The number of hydrogen-bond donors (Lipinski definition) is 2. The van der Waals surface area contributed by atoms with E-state index in [2.05, 4.69) is 25.7 Å². The van der Waals surface area contributed by atoms with Crippen LogP contribution in [0.2, 0.25) is 0 Å². The van der Waals surface area contributed by atoms with Crippen molar-refractivity contribution in [2.24, 2.45) is 7.05 Å². The first kappa shape index (κ1) is 13.1. The minimum absolute atomic E-state index is 0.603. The molecule has 2 aromatic rings. The smallest absolute Gasteiger partial charge is 0.204 e. The van der Waals surface area contributed by atoms with Gasteiger partial charge in [-0.25, -0.2) is 9.97 Å². The van der Waals surface area contributed by atoms with Crippen molar-refractivity contribution in [2.45, 2.75) is 13.5 Å². The van der Waals surface area contributed by atoms with Crippen LogP contribution in [-0.4, -0.2) is 33.9 Å². The van der Waals surface area contributed by atoms with Gasteiger partial charge < -0.3 is 15.4 Å². The Hall–Kier alpha value is -2.31. The number of aromatic nitrogens is 4. The third-order valence-corrected chi connectivity index (χ3v) is 2.81. The van der Waals surface area contributed by atoms with Gasteiger partial charge in [0.1, 0.15) is 6.33 Å². The van der Waals surface area contributed by atoms with Crippen LogP contribution in [-0.2, 0) is 13.6 Å². The van der Waals surface area contributed by atoms with Crippen molar-refractivity contribution in [1.82, 2.24) is 19.7 Å². The number of ether oxygens (including phenoxy) is 1. The van der Waals surface area contributed by atoms with Crippen molar-refractivity contribution in [2.75, 3.05) is 24.8 Å². The topological polar surface area (TPSA) is 76.9 Å². The molecule has 0 fully saturated rings. The number of aryl methyl sites for hydroxylation is 2. The molecule has 0 spiro atoms. The molecule has 2 rings (SSSR count). The molecule has 0 aliphatic carbocycles. The SMILES string of the molecule is CNc1ncnc(NCc2cn(C)nc2C)c1OC. The molecule has 19 heavy (non-hydrogen) atoms. The average Bonchev–Trinajstić information content (AvgIpc) is 2.73. The zero-order chi connectivity index (χ0) is 13.8. The van der Waals surface area contributed by atoms with Crippen molar-refractivity contribution in [3.05, 3.63) is 23.8 Å². The Morgan fingerprint density at radius 2 is 2.05 bits per heavy atom. The summed E-state index contributed by atoms with van der Waals surface area (Å²) in [6, 6.07) is 0. The number of anilines is 2. The van der Waals surface area contributed by atoms with E-state index in [-0.39, 0.29) is 0 Å². The highest BCUT2D eigenvalue weighted by atomic mass is 16.5. The summed E-state index contributed by atoms with van der Waals surface area (Å²) in [5.41, 5.74) is 2.12. The number of nitrogens with zero attached hydrogens (tertiary/aromatic N) is 4. The monoisotopic (exact) mass is 262 g/mol. The van der Waals surface area contributed by atoms with E-state index in [4.69, 9.17) is 4.74 Å². The summed E-state index contributed by atoms with van der Waals surface area (Å²) in [7, 11) is 5.29. The van der Waals surface area contributed by atoms with Gasteiger partial charge in [0.05, 0.1) is 12.8 Å². The van der Waals surface area contributed by atoms with Crippen LogP contribution >= 0.6 is 0 Å². The summed E-state index contributed by atoms with van der Waals surface area (Å²) in [6.07, 6.45) is 3.47.